The van der Waals surface area contributed by atoms with Crippen LogP contribution in [-0.2, 0) is 4.74 Å². The number of anilines is 2. The van der Waals surface area contributed by atoms with E-state index >= 15 is 0 Å². The van der Waals surface area contributed by atoms with Gasteiger partial charge < -0.3 is 26.1 Å². The average molecular weight is 239 g/mol. The van der Waals surface area contributed by atoms with Crippen LogP contribution in [0.1, 0.15) is 6.92 Å². The molecule has 2 atom stereocenters. The maximum atomic E-state index is 11.4. The summed E-state index contributed by atoms with van der Waals surface area (Å²) in [6.45, 7) is 3.70. The van der Waals surface area contributed by atoms with Crippen molar-refractivity contribution in [2.24, 2.45) is 5.73 Å². The summed E-state index contributed by atoms with van der Waals surface area (Å²) < 4.78 is 5.54. The van der Waals surface area contributed by atoms with Crippen molar-refractivity contribution in [3.8, 4) is 0 Å². The molecule has 5 N–H and O–H groups in total. The summed E-state index contributed by atoms with van der Waals surface area (Å²) in [5.74, 6) is 0.503. The first kappa shape index (κ1) is 11.9. The van der Waals surface area contributed by atoms with Gasteiger partial charge in [-0.3, -0.25) is 4.79 Å². The molecule has 17 heavy (non-hydrogen) atoms. The summed E-state index contributed by atoms with van der Waals surface area (Å²) in [7, 11) is 0. The number of hydrogen-bond acceptors (Lipinski definition) is 6. The van der Waals surface area contributed by atoms with Gasteiger partial charge in [0.05, 0.1) is 19.0 Å². The number of nitrogen functional groups attached to an aromatic ring is 1. The van der Waals surface area contributed by atoms with E-state index in [4.69, 9.17) is 16.2 Å². The highest BCUT2D eigenvalue weighted by atomic mass is 16.5. The number of ether oxygens (including phenoxy) is 1. The highest BCUT2D eigenvalue weighted by Crippen LogP contribution is 2.19. The highest BCUT2D eigenvalue weighted by Gasteiger charge is 2.25. The number of nitrogens with two attached hydrogens (primary N) is 2. The van der Waals surface area contributed by atoms with Gasteiger partial charge in [0.25, 0.3) is 5.56 Å². The molecule has 0 amide bonds. The van der Waals surface area contributed by atoms with Crippen LogP contribution in [0.2, 0.25) is 0 Å². The molecule has 1 aliphatic heterocycles. The van der Waals surface area contributed by atoms with E-state index in [2.05, 4.69) is 9.97 Å². The maximum absolute atomic E-state index is 11.4. The van der Waals surface area contributed by atoms with Crippen molar-refractivity contribution in [1.82, 2.24) is 9.97 Å². The van der Waals surface area contributed by atoms with Crippen molar-refractivity contribution in [3.63, 3.8) is 0 Å². The van der Waals surface area contributed by atoms with Crippen molar-refractivity contribution < 1.29 is 4.74 Å². The third-order valence-corrected chi connectivity index (χ3v) is 2.85. The Bertz CT molecular complexity index is 445. The molecule has 0 saturated carbocycles. The molecule has 2 heterocycles. The topological polar surface area (TPSA) is 110 Å². The van der Waals surface area contributed by atoms with Gasteiger partial charge >= 0.3 is 0 Å². The van der Waals surface area contributed by atoms with E-state index in [0.717, 1.165) is 0 Å². The Kier molecular flexibility index (Phi) is 3.30. The predicted molar refractivity (Wildman–Crippen MR) is 64.9 cm³/mol. The van der Waals surface area contributed by atoms with Gasteiger partial charge in [-0.15, -0.1) is 0 Å². The van der Waals surface area contributed by atoms with Crippen molar-refractivity contribution >= 4 is 11.5 Å². The maximum Gasteiger partial charge on any atom is 0.276 e. The number of morpholine rings is 1. The minimum absolute atomic E-state index is 0.0655. The Hall–Kier alpha value is -1.60. The molecule has 0 spiro atoms. The lowest BCUT2D eigenvalue weighted by molar-refractivity contribution is 0.0274. The first-order chi connectivity index (χ1) is 8.09. The summed E-state index contributed by atoms with van der Waals surface area (Å²) >= 11 is 0. The van der Waals surface area contributed by atoms with Gasteiger partial charge in [-0.1, -0.05) is 0 Å². The molecule has 1 aliphatic rings. The fraction of sp³-hybridized carbons (Fsp3) is 0.600. The Morgan fingerprint density at radius 3 is 3.18 bits per heavy atom. The largest absolute Gasteiger partial charge is 0.391 e. The van der Waals surface area contributed by atoms with Crippen molar-refractivity contribution in [2.45, 2.75) is 19.1 Å². The molecule has 1 saturated heterocycles. The summed E-state index contributed by atoms with van der Waals surface area (Å²) in [6.07, 6.45) is 1.29. The predicted octanol–water partition coefficient (Wildman–Crippen LogP) is -1.10. The van der Waals surface area contributed by atoms with E-state index in [1.807, 2.05) is 11.8 Å². The smallest absolute Gasteiger partial charge is 0.276 e. The van der Waals surface area contributed by atoms with Gasteiger partial charge in [0.1, 0.15) is 5.69 Å². The summed E-state index contributed by atoms with van der Waals surface area (Å²) in [5, 5.41) is 0. The number of nitrogens with zero attached hydrogens (tertiary/aromatic N) is 2. The minimum atomic E-state index is -0.321. The number of nitrogens with one attached hydrogen (secondary N) is 1. The van der Waals surface area contributed by atoms with Crippen LogP contribution in [0.5, 0.6) is 0 Å². The number of aromatic nitrogens is 2. The van der Waals surface area contributed by atoms with E-state index < -0.39 is 0 Å². The van der Waals surface area contributed by atoms with Crippen LogP contribution in [0.25, 0.3) is 0 Å². The second kappa shape index (κ2) is 4.72. The first-order valence-corrected chi connectivity index (χ1v) is 5.55. The molecule has 0 aromatic carbocycles. The number of rotatable bonds is 2. The molecule has 2 rings (SSSR count). The third-order valence-electron chi connectivity index (χ3n) is 2.85. The van der Waals surface area contributed by atoms with Gasteiger partial charge in [0, 0.05) is 19.1 Å². The van der Waals surface area contributed by atoms with Crippen LogP contribution in [0, 0.1) is 0 Å². The Morgan fingerprint density at radius 2 is 2.47 bits per heavy atom. The van der Waals surface area contributed by atoms with Gasteiger partial charge in [0.2, 0.25) is 0 Å². The van der Waals surface area contributed by atoms with Crippen LogP contribution in [-0.4, -0.2) is 41.8 Å². The van der Waals surface area contributed by atoms with Crippen LogP contribution >= 0.6 is 0 Å². The molecular formula is C10H17N5O2. The van der Waals surface area contributed by atoms with Crippen LogP contribution in [0.4, 0.5) is 11.5 Å². The van der Waals surface area contributed by atoms with Gasteiger partial charge in [-0.05, 0) is 6.92 Å². The van der Waals surface area contributed by atoms with Crippen molar-refractivity contribution in [2.75, 3.05) is 30.3 Å². The number of aromatic amines is 1. The molecule has 1 aromatic rings. The molecule has 94 valence electrons. The summed E-state index contributed by atoms with van der Waals surface area (Å²) in [6, 6.07) is -0.0685. The second-order valence-corrected chi connectivity index (χ2v) is 4.18. The molecule has 0 radical (unpaired) electrons. The number of H-pyrrole nitrogens is 1. The lowest BCUT2D eigenvalue weighted by atomic mass is 10.1. The standard InChI is InChI=1S/C10H17N5O2/c1-6(11)7-4-15(2-3-17-7)9-8(12)10(16)14-5-13-9/h5-7H,2-4,11-12H2,1H3,(H,13,14,16). The molecule has 0 bridgehead atoms. The van der Waals surface area contributed by atoms with Crippen molar-refractivity contribution in [1.29, 1.82) is 0 Å². The van der Waals surface area contributed by atoms with Gasteiger partial charge in [-0.2, -0.15) is 0 Å². The van der Waals surface area contributed by atoms with E-state index in [0.29, 0.717) is 25.5 Å². The summed E-state index contributed by atoms with van der Waals surface area (Å²) in [5.41, 5.74) is 11.3. The third kappa shape index (κ3) is 2.40. The van der Waals surface area contributed by atoms with Gasteiger partial charge in [0.15, 0.2) is 5.82 Å². The van der Waals surface area contributed by atoms with E-state index in [1.165, 1.54) is 6.33 Å². The average Bonchev–Trinajstić information content (AvgIpc) is 2.33. The molecule has 7 heteroatoms. The Labute approximate surface area is 98.8 Å². The second-order valence-electron chi connectivity index (χ2n) is 4.18. The fourth-order valence-corrected chi connectivity index (χ4v) is 1.84. The lowest BCUT2D eigenvalue weighted by Crippen LogP contribution is -2.50. The SMILES string of the molecule is CC(N)C1CN(c2nc[nH]c(=O)c2N)CCO1. The molecule has 0 aliphatic carbocycles. The molecule has 1 fully saturated rings. The molecule has 2 unspecified atom stereocenters. The quantitative estimate of drug-likeness (QED) is 0.604. The zero-order valence-corrected chi connectivity index (χ0v) is 9.72. The van der Waals surface area contributed by atoms with E-state index in [9.17, 15) is 4.79 Å². The van der Waals surface area contributed by atoms with E-state index in [-0.39, 0.29) is 23.4 Å². The lowest BCUT2D eigenvalue weighted by Gasteiger charge is -2.35. The number of hydrogen-bond donors (Lipinski definition) is 3. The fourth-order valence-electron chi connectivity index (χ4n) is 1.84. The Balaban J connectivity index is 2.22. The summed E-state index contributed by atoms with van der Waals surface area (Å²) in [4.78, 5) is 19.9. The van der Waals surface area contributed by atoms with Crippen LogP contribution < -0.4 is 21.9 Å². The molecular weight excluding hydrogens is 222 g/mol. The molecule has 7 nitrogen and oxygen atoms in total. The van der Waals surface area contributed by atoms with Gasteiger partial charge in [-0.25, -0.2) is 4.98 Å². The minimum Gasteiger partial charge on any atom is -0.391 e. The van der Waals surface area contributed by atoms with Crippen molar-refractivity contribution in [3.05, 3.63) is 16.7 Å². The van der Waals surface area contributed by atoms with Crippen LogP contribution in [0.15, 0.2) is 11.1 Å². The normalized spacial score (nSPS) is 22.5. The zero-order chi connectivity index (χ0) is 12.4. The zero-order valence-electron chi connectivity index (χ0n) is 9.72. The van der Waals surface area contributed by atoms with Crippen LogP contribution in [0.3, 0.4) is 0 Å². The van der Waals surface area contributed by atoms with E-state index in [1.54, 1.807) is 0 Å². The molecule has 1 aromatic heterocycles. The Morgan fingerprint density at radius 1 is 1.71 bits per heavy atom. The monoisotopic (exact) mass is 239 g/mol. The highest BCUT2D eigenvalue weighted by molar-refractivity contribution is 5.61. The first-order valence-electron chi connectivity index (χ1n) is 5.55.